The van der Waals surface area contributed by atoms with E-state index >= 15 is 0 Å². The van der Waals surface area contributed by atoms with Gasteiger partial charge in [0.2, 0.25) is 0 Å². The fraction of sp³-hybridized carbons (Fsp3) is 0.250. The van der Waals surface area contributed by atoms with Crippen LogP contribution in [0.3, 0.4) is 0 Å². The predicted octanol–water partition coefficient (Wildman–Crippen LogP) is 1.20. The molecule has 0 fully saturated rings. The van der Waals surface area contributed by atoms with Crippen molar-refractivity contribution in [1.82, 2.24) is 0 Å². The molecular weight excluding hydrogens is 210 g/mol. The minimum Gasteiger partial charge on any atom is -0.326 e. The van der Waals surface area contributed by atoms with E-state index in [4.69, 9.17) is 17.3 Å². The lowest BCUT2D eigenvalue weighted by molar-refractivity contribution is 0.601. The van der Waals surface area contributed by atoms with Gasteiger partial charge in [0, 0.05) is 17.8 Å². The van der Waals surface area contributed by atoms with E-state index in [1.165, 1.54) is 12.1 Å². The zero-order chi connectivity index (χ0) is 10.1. The molecule has 13 heavy (non-hydrogen) atoms. The Bertz CT molecular complexity index is 414. The highest BCUT2D eigenvalue weighted by Crippen LogP contribution is 2.19. The molecule has 0 saturated heterocycles. The molecule has 0 unspecified atom stereocenters. The zero-order valence-electron chi connectivity index (χ0n) is 7.12. The van der Waals surface area contributed by atoms with Crippen LogP contribution in [0.1, 0.15) is 5.56 Å². The number of rotatable bonds is 2. The molecule has 1 aromatic carbocycles. The lowest BCUT2D eigenvalue weighted by Crippen LogP contribution is -2.02. The van der Waals surface area contributed by atoms with Crippen molar-refractivity contribution >= 4 is 21.4 Å². The van der Waals surface area contributed by atoms with Crippen LogP contribution in [0.2, 0.25) is 5.02 Å². The Morgan fingerprint density at radius 3 is 2.54 bits per heavy atom. The summed E-state index contributed by atoms with van der Waals surface area (Å²) >= 11 is 5.77. The molecule has 0 aliphatic heterocycles. The summed E-state index contributed by atoms with van der Waals surface area (Å²) in [6.45, 7) is 0.238. The van der Waals surface area contributed by atoms with Gasteiger partial charge in [0.15, 0.2) is 9.84 Å². The van der Waals surface area contributed by atoms with Crippen LogP contribution < -0.4 is 5.73 Å². The van der Waals surface area contributed by atoms with Gasteiger partial charge in [0.05, 0.1) is 4.90 Å². The highest BCUT2D eigenvalue weighted by Gasteiger charge is 2.08. The maximum Gasteiger partial charge on any atom is 0.175 e. The zero-order valence-corrected chi connectivity index (χ0v) is 8.69. The molecule has 0 aliphatic rings. The van der Waals surface area contributed by atoms with E-state index in [-0.39, 0.29) is 11.4 Å². The van der Waals surface area contributed by atoms with E-state index in [9.17, 15) is 8.42 Å². The van der Waals surface area contributed by atoms with Gasteiger partial charge in [-0.1, -0.05) is 11.6 Å². The van der Waals surface area contributed by atoms with Crippen molar-refractivity contribution in [2.24, 2.45) is 5.73 Å². The van der Waals surface area contributed by atoms with E-state index in [0.29, 0.717) is 10.6 Å². The maximum absolute atomic E-state index is 11.1. The molecule has 72 valence electrons. The van der Waals surface area contributed by atoms with Crippen molar-refractivity contribution in [2.45, 2.75) is 11.4 Å². The summed E-state index contributed by atoms with van der Waals surface area (Å²) in [5.41, 5.74) is 6.03. The van der Waals surface area contributed by atoms with E-state index in [1.54, 1.807) is 6.07 Å². The summed E-state index contributed by atoms with van der Waals surface area (Å²) in [5, 5.41) is 0.495. The Hall–Kier alpha value is -0.580. The lowest BCUT2D eigenvalue weighted by atomic mass is 10.2. The van der Waals surface area contributed by atoms with Crippen molar-refractivity contribution in [1.29, 1.82) is 0 Å². The van der Waals surface area contributed by atoms with Gasteiger partial charge < -0.3 is 5.73 Å². The van der Waals surface area contributed by atoms with Crippen LogP contribution in [0, 0.1) is 0 Å². The number of benzene rings is 1. The topological polar surface area (TPSA) is 60.2 Å². The summed E-state index contributed by atoms with van der Waals surface area (Å²) in [4.78, 5) is 0.248. The van der Waals surface area contributed by atoms with Crippen LogP contribution in [-0.2, 0) is 16.4 Å². The molecule has 3 nitrogen and oxygen atoms in total. The summed E-state index contributed by atoms with van der Waals surface area (Å²) in [6, 6.07) is 4.51. The first kappa shape index (κ1) is 10.5. The largest absolute Gasteiger partial charge is 0.326 e. The molecule has 0 bridgehead atoms. The molecule has 0 saturated carbocycles. The van der Waals surface area contributed by atoms with E-state index in [0.717, 1.165) is 6.26 Å². The third-order valence-corrected chi connectivity index (χ3v) is 3.14. The summed E-state index contributed by atoms with van der Waals surface area (Å²) in [5.74, 6) is 0. The van der Waals surface area contributed by atoms with E-state index in [1.807, 2.05) is 0 Å². The van der Waals surface area contributed by atoms with E-state index < -0.39 is 9.84 Å². The van der Waals surface area contributed by atoms with Gasteiger partial charge in [-0.3, -0.25) is 0 Å². The third-order valence-electron chi connectivity index (χ3n) is 1.67. The van der Waals surface area contributed by atoms with Crippen molar-refractivity contribution < 1.29 is 8.42 Å². The molecule has 0 aliphatic carbocycles. The predicted molar refractivity (Wildman–Crippen MR) is 52.5 cm³/mol. The van der Waals surface area contributed by atoms with Gasteiger partial charge in [-0.05, 0) is 23.8 Å². The van der Waals surface area contributed by atoms with Gasteiger partial charge in [-0.2, -0.15) is 0 Å². The van der Waals surface area contributed by atoms with Crippen molar-refractivity contribution in [3.05, 3.63) is 28.8 Å². The molecule has 0 aromatic heterocycles. The average molecular weight is 220 g/mol. The molecule has 0 heterocycles. The molecule has 5 heteroatoms. The number of sulfone groups is 1. The average Bonchev–Trinajstić information content (AvgIpc) is 2.03. The molecule has 0 radical (unpaired) electrons. The second-order valence-corrected chi connectivity index (χ2v) is 5.15. The minimum atomic E-state index is -3.17. The molecule has 1 rings (SSSR count). The Morgan fingerprint density at radius 2 is 2.08 bits per heavy atom. The van der Waals surface area contributed by atoms with Gasteiger partial charge in [0.25, 0.3) is 0 Å². The van der Waals surface area contributed by atoms with Gasteiger partial charge in [-0.15, -0.1) is 0 Å². The highest BCUT2D eigenvalue weighted by atomic mass is 35.5. The summed E-state index contributed by atoms with van der Waals surface area (Å²) < 4.78 is 22.3. The van der Waals surface area contributed by atoms with Gasteiger partial charge >= 0.3 is 0 Å². The molecule has 0 amide bonds. The first-order valence-corrected chi connectivity index (χ1v) is 5.90. The number of halogens is 1. The second kappa shape index (κ2) is 3.65. The molecule has 2 N–H and O–H groups in total. The fourth-order valence-electron chi connectivity index (χ4n) is 0.938. The van der Waals surface area contributed by atoms with Crippen LogP contribution in [-0.4, -0.2) is 14.7 Å². The Balaban J connectivity index is 3.30. The maximum atomic E-state index is 11.1. The van der Waals surface area contributed by atoms with Crippen LogP contribution in [0.4, 0.5) is 0 Å². The minimum absolute atomic E-state index is 0.238. The fourth-order valence-corrected chi connectivity index (χ4v) is 1.80. The third kappa shape index (κ3) is 2.43. The second-order valence-electron chi connectivity index (χ2n) is 2.73. The van der Waals surface area contributed by atoms with Gasteiger partial charge in [-0.25, -0.2) is 8.42 Å². The summed E-state index contributed by atoms with van der Waals surface area (Å²) in [7, 11) is -3.17. The van der Waals surface area contributed by atoms with E-state index in [2.05, 4.69) is 0 Å². The summed E-state index contributed by atoms with van der Waals surface area (Å²) in [6.07, 6.45) is 1.15. The van der Waals surface area contributed by atoms with Crippen LogP contribution >= 0.6 is 11.6 Å². The SMILES string of the molecule is CS(=O)(=O)c1ccc(Cl)c(CN)c1. The number of nitrogens with two attached hydrogens (primary N) is 1. The van der Waals surface area contributed by atoms with Crippen molar-refractivity contribution in [3.63, 3.8) is 0 Å². The molecule has 0 spiro atoms. The number of hydrogen-bond acceptors (Lipinski definition) is 3. The normalized spacial score (nSPS) is 11.6. The molecular formula is C8H10ClNO2S. The van der Waals surface area contributed by atoms with Gasteiger partial charge in [0.1, 0.15) is 0 Å². The molecule has 0 atom stereocenters. The van der Waals surface area contributed by atoms with Crippen molar-refractivity contribution in [3.8, 4) is 0 Å². The number of hydrogen-bond donors (Lipinski definition) is 1. The first-order valence-electron chi connectivity index (χ1n) is 3.63. The standard InChI is InChI=1S/C8H10ClNO2S/c1-13(11,12)7-2-3-8(9)6(4-7)5-10/h2-4H,5,10H2,1H3. The highest BCUT2D eigenvalue weighted by molar-refractivity contribution is 7.90. The molecule has 1 aromatic rings. The first-order chi connectivity index (χ1) is 5.95. The van der Waals surface area contributed by atoms with Crippen LogP contribution in [0.25, 0.3) is 0 Å². The Kier molecular flexibility index (Phi) is 2.95. The lowest BCUT2D eigenvalue weighted by Gasteiger charge is -2.03. The quantitative estimate of drug-likeness (QED) is 0.813. The van der Waals surface area contributed by atoms with Crippen LogP contribution in [0.15, 0.2) is 23.1 Å². The van der Waals surface area contributed by atoms with Crippen LogP contribution in [0.5, 0.6) is 0 Å². The van der Waals surface area contributed by atoms with Crippen molar-refractivity contribution in [2.75, 3.05) is 6.26 Å². The Labute approximate surface area is 82.4 Å². The smallest absolute Gasteiger partial charge is 0.175 e. The monoisotopic (exact) mass is 219 g/mol. The Morgan fingerprint density at radius 1 is 1.46 bits per heavy atom.